The van der Waals surface area contributed by atoms with Gasteiger partial charge in [0, 0.05) is 12.6 Å². The molecule has 3 nitrogen and oxygen atoms in total. The molecule has 1 saturated heterocycles. The molecule has 0 aromatic heterocycles. The van der Waals surface area contributed by atoms with E-state index in [9.17, 15) is 0 Å². The van der Waals surface area contributed by atoms with E-state index in [-0.39, 0.29) is 0 Å². The quantitative estimate of drug-likeness (QED) is 0.710. The second-order valence-electron chi connectivity index (χ2n) is 4.85. The highest BCUT2D eigenvalue weighted by Gasteiger charge is 2.18. The molecule has 1 fully saturated rings. The molecule has 3 heteroatoms. The number of nitrogens with one attached hydrogen (secondary N) is 1. The first kappa shape index (κ1) is 12.9. The molecular weight excluding hydrogens is 186 g/mol. The van der Waals surface area contributed by atoms with Crippen LogP contribution in [0, 0.1) is 0 Å². The van der Waals surface area contributed by atoms with Crippen LogP contribution in [0.15, 0.2) is 0 Å². The molecule has 15 heavy (non-hydrogen) atoms. The SMILES string of the molecule is CCNC1CCCN(CCCN(C)C)C1. The maximum absolute atomic E-state index is 3.56. The van der Waals surface area contributed by atoms with E-state index in [1.165, 1.54) is 45.4 Å². The Morgan fingerprint density at radius 3 is 2.87 bits per heavy atom. The first-order chi connectivity index (χ1) is 7.22. The van der Waals surface area contributed by atoms with Crippen molar-refractivity contribution >= 4 is 0 Å². The zero-order valence-electron chi connectivity index (χ0n) is 10.6. The summed E-state index contributed by atoms with van der Waals surface area (Å²) in [4.78, 5) is 4.88. The van der Waals surface area contributed by atoms with Crippen molar-refractivity contribution in [2.45, 2.75) is 32.2 Å². The number of piperidine rings is 1. The minimum Gasteiger partial charge on any atom is -0.313 e. The third-order valence-corrected chi connectivity index (χ3v) is 3.08. The van der Waals surface area contributed by atoms with Crippen LogP contribution in [-0.2, 0) is 0 Å². The highest BCUT2D eigenvalue weighted by Crippen LogP contribution is 2.10. The van der Waals surface area contributed by atoms with Gasteiger partial charge in [0.05, 0.1) is 0 Å². The van der Waals surface area contributed by atoms with Crippen molar-refractivity contribution in [3.63, 3.8) is 0 Å². The van der Waals surface area contributed by atoms with Crippen LogP contribution in [0.2, 0.25) is 0 Å². The Labute approximate surface area is 94.8 Å². The summed E-state index contributed by atoms with van der Waals surface area (Å²) in [6, 6.07) is 0.739. The lowest BCUT2D eigenvalue weighted by atomic mass is 10.1. The van der Waals surface area contributed by atoms with Gasteiger partial charge in [-0.15, -0.1) is 0 Å². The van der Waals surface area contributed by atoms with Crippen LogP contribution in [-0.4, -0.2) is 62.7 Å². The molecule has 0 aromatic rings. The molecule has 1 aliphatic heterocycles. The predicted molar refractivity (Wildman–Crippen MR) is 66.3 cm³/mol. The maximum atomic E-state index is 3.56. The molecular formula is C12H27N3. The van der Waals surface area contributed by atoms with E-state index in [0.717, 1.165) is 12.6 Å². The van der Waals surface area contributed by atoms with Crippen LogP contribution in [0.4, 0.5) is 0 Å². The third kappa shape index (κ3) is 5.50. The van der Waals surface area contributed by atoms with Gasteiger partial charge in [0.1, 0.15) is 0 Å². The van der Waals surface area contributed by atoms with E-state index in [2.05, 4.69) is 36.1 Å². The van der Waals surface area contributed by atoms with Crippen molar-refractivity contribution in [3.05, 3.63) is 0 Å². The number of likely N-dealkylation sites (N-methyl/N-ethyl adjacent to an activating group) is 1. The van der Waals surface area contributed by atoms with Gasteiger partial charge in [-0.2, -0.15) is 0 Å². The normalized spacial score (nSPS) is 23.6. The van der Waals surface area contributed by atoms with Gasteiger partial charge in [0.15, 0.2) is 0 Å². The first-order valence-electron chi connectivity index (χ1n) is 6.33. The van der Waals surface area contributed by atoms with Gasteiger partial charge in [0.2, 0.25) is 0 Å². The summed E-state index contributed by atoms with van der Waals surface area (Å²) >= 11 is 0. The molecule has 1 rings (SSSR count). The van der Waals surface area contributed by atoms with Gasteiger partial charge in [-0.1, -0.05) is 6.92 Å². The largest absolute Gasteiger partial charge is 0.313 e. The number of likely N-dealkylation sites (tertiary alicyclic amines) is 1. The van der Waals surface area contributed by atoms with E-state index >= 15 is 0 Å². The number of hydrogen-bond donors (Lipinski definition) is 1. The van der Waals surface area contributed by atoms with Gasteiger partial charge in [-0.05, 0) is 59.5 Å². The Morgan fingerprint density at radius 1 is 1.40 bits per heavy atom. The second-order valence-corrected chi connectivity index (χ2v) is 4.85. The summed E-state index contributed by atoms with van der Waals surface area (Å²) in [6.45, 7) is 8.33. The van der Waals surface area contributed by atoms with Crippen LogP contribution in [0.5, 0.6) is 0 Å². The summed E-state index contributed by atoms with van der Waals surface area (Å²) in [5, 5.41) is 3.56. The lowest BCUT2D eigenvalue weighted by molar-refractivity contribution is 0.184. The number of nitrogens with zero attached hydrogens (tertiary/aromatic N) is 2. The monoisotopic (exact) mass is 213 g/mol. The van der Waals surface area contributed by atoms with Crippen molar-refractivity contribution in [1.82, 2.24) is 15.1 Å². The fourth-order valence-corrected chi connectivity index (χ4v) is 2.32. The lowest BCUT2D eigenvalue weighted by Gasteiger charge is -2.33. The Morgan fingerprint density at radius 2 is 2.20 bits per heavy atom. The zero-order chi connectivity index (χ0) is 11.1. The molecule has 0 amide bonds. The zero-order valence-corrected chi connectivity index (χ0v) is 10.6. The molecule has 0 aromatic carbocycles. The topological polar surface area (TPSA) is 18.5 Å². The van der Waals surface area contributed by atoms with Crippen LogP contribution in [0.3, 0.4) is 0 Å². The van der Waals surface area contributed by atoms with Crippen molar-refractivity contribution in [1.29, 1.82) is 0 Å². The summed E-state index contributed by atoms with van der Waals surface area (Å²) in [5.74, 6) is 0. The molecule has 1 N–H and O–H groups in total. The van der Waals surface area contributed by atoms with Crippen molar-refractivity contribution in [3.8, 4) is 0 Å². The molecule has 0 radical (unpaired) electrons. The Hall–Kier alpha value is -0.120. The number of rotatable bonds is 6. The van der Waals surface area contributed by atoms with Crippen molar-refractivity contribution in [2.24, 2.45) is 0 Å². The Bertz CT molecular complexity index is 157. The van der Waals surface area contributed by atoms with E-state index < -0.39 is 0 Å². The van der Waals surface area contributed by atoms with E-state index in [1.807, 2.05) is 0 Å². The highest BCUT2D eigenvalue weighted by atomic mass is 15.2. The average Bonchev–Trinajstić information content (AvgIpc) is 2.18. The molecule has 0 aliphatic carbocycles. The van der Waals surface area contributed by atoms with Gasteiger partial charge in [0.25, 0.3) is 0 Å². The van der Waals surface area contributed by atoms with E-state index in [4.69, 9.17) is 0 Å². The number of hydrogen-bond acceptors (Lipinski definition) is 3. The van der Waals surface area contributed by atoms with Crippen molar-refractivity contribution < 1.29 is 0 Å². The average molecular weight is 213 g/mol. The van der Waals surface area contributed by atoms with Crippen LogP contribution < -0.4 is 5.32 Å². The van der Waals surface area contributed by atoms with Crippen molar-refractivity contribution in [2.75, 3.05) is 46.8 Å². The van der Waals surface area contributed by atoms with E-state index in [0.29, 0.717) is 0 Å². The summed E-state index contributed by atoms with van der Waals surface area (Å²) in [7, 11) is 4.30. The van der Waals surface area contributed by atoms with Gasteiger partial charge < -0.3 is 15.1 Å². The molecule has 0 saturated carbocycles. The summed E-state index contributed by atoms with van der Waals surface area (Å²) < 4.78 is 0. The minimum absolute atomic E-state index is 0.739. The Kier molecular flexibility index (Phi) is 6.22. The van der Waals surface area contributed by atoms with Crippen LogP contribution >= 0.6 is 0 Å². The summed E-state index contributed by atoms with van der Waals surface area (Å²) in [6.07, 6.45) is 4.02. The van der Waals surface area contributed by atoms with Crippen LogP contribution in [0.25, 0.3) is 0 Å². The highest BCUT2D eigenvalue weighted by molar-refractivity contribution is 4.77. The Balaban J connectivity index is 2.12. The standard InChI is InChI=1S/C12H27N3/c1-4-13-12-7-5-9-15(11-12)10-6-8-14(2)3/h12-13H,4-11H2,1-3H3. The molecule has 0 bridgehead atoms. The van der Waals surface area contributed by atoms with Gasteiger partial charge in [-0.3, -0.25) is 0 Å². The second kappa shape index (κ2) is 7.20. The lowest BCUT2D eigenvalue weighted by Crippen LogP contribution is -2.46. The molecule has 1 unspecified atom stereocenters. The minimum atomic E-state index is 0.739. The smallest absolute Gasteiger partial charge is 0.0195 e. The summed E-state index contributed by atoms with van der Waals surface area (Å²) in [5.41, 5.74) is 0. The first-order valence-corrected chi connectivity index (χ1v) is 6.33. The van der Waals surface area contributed by atoms with Gasteiger partial charge in [-0.25, -0.2) is 0 Å². The maximum Gasteiger partial charge on any atom is 0.0195 e. The fraction of sp³-hybridized carbons (Fsp3) is 1.00. The molecule has 1 heterocycles. The molecule has 1 aliphatic rings. The predicted octanol–water partition coefficient (Wildman–Crippen LogP) is 1.01. The third-order valence-electron chi connectivity index (χ3n) is 3.08. The fourth-order valence-electron chi connectivity index (χ4n) is 2.32. The molecule has 1 atom stereocenters. The van der Waals surface area contributed by atoms with E-state index in [1.54, 1.807) is 0 Å². The molecule has 0 spiro atoms. The van der Waals surface area contributed by atoms with Gasteiger partial charge >= 0.3 is 0 Å². The van der Waals surface area contributed by atoms with Crippen LogP contribution in [0.1, 0.15) is 26.2 Å². The molecule has 90 valence electrons.